The predicted molar refractivity (Wildman–Crippen MR) is 71.0 cm³/mol. The number of ether oxygens (including phenoxy) is 1. The molecule has 0 amide bonds. The van der Waals surface area contributed by atoms with Gasteiger partial charge in [0.2, 0.25) is 0 Å². The van der Waals surface area contributed by atoms with Gasteiger partial charge in [-0.3, -0.25) is 0 Å². The topological polar surface area (TPSA) is 29.6 Å². The maximum absolute atomic E-state index is 12.6. The fourth-order valence-corrected chi connectivity index (χ4v) is 3.06. The molecule has 0 radical (unpaired) electrons. The van der Waals surface area contributed by atoms with E-state index in [-0.39, 0.29) is 0 Å². The molecule has 2 atom stereocenters. The lowest BCUT2D eigenvalue weighted by Crippen LogP contribution is -1.97. The Morgan fingerprint density at radius 3 is 2.56 bits per heavy atom. The predicted octanol–water partition coefficient (Wildman–Crippen LogP) is 3.23. The van der Waals surface area contributed by atoms with Crippen molar-refractivity contribution in [2.45, 2.75) is 22.8 Å². The maximum atomic E-state index is 12.6. The molecule has 0 aromatic heterocycles. The third-order valence-electron chi connectivity index (χ3n) is 2.91. The minimum absolute atomic E-state index is 0.370. The highest BCUT2D eigenvalue weighted by molar-refractivity contribution is 7.85. The van der Waals surface area contributed by atoms with Crippen LogP contribution in [-0.2, 0) is 15.5 Å². The van der Waals surface area contributed by atoms with Crippen LogP contribution in [0.15, 0.2) is 58.3 Å². The molecule has 0 N–H and O–H groups in total. The molecule has 1 fully saturated rings. The van der Waals surface area contributed by atoms with E-state index in [1.54, 1.807) is 0 Å². The number of epoxide rings is 1. The van der Waals surface area contributed by atoms with Crippen molar-refractivity contribution in [1.82, 2.24) is 0 Å². The van der Waals surface area contributed by atoms with E-state index in [9.17, 15) is 4.21 Å². The second-order valence-electron chi connectivity index (χ2n) is 4.29. The van der Waals surface area contributed by atoms with Gasteiger partial charge in [0.25, 0.3) is 0 Å². The Morgan fingerprint density at radius 2 is 1.89 bits per heavy atom. The van der Waals surface area contributed by atoms with E-state index in [0.717, 1.165) is 10.5 Å². The average Bonchev–Trinajstić information content (AvgIpc) is 3.18. The molecule has 0 spiro atoms. The van der Waals surface area contributed by atoms with Crippen LogP contribution in [0.25, 0.3) is 0 Å². The van der Waals surface area contributed by atoms with Crippen molar-refractivity contribution in [2.75, 3.05) is 6.61 Å². The van der Waals surface area contributed by atoms with Gasteiger partial charge in [0.15, 0.2) is 0 Å². The smallest absolute Gasteiger partial charge is 0.107 e. The number of benzene rings is 2. The van der Waals surface area contributed by atoms with Gasteiger partial charge < -0.3 is 4.74 Å². The lowest BCUT2D eigenvalue weighted by atomic mass is 10.2. The van der Waals surface area contributed by atoms with Gasteiger partial charge >= 0.3 is 0 Å². The second-order valence-corrected chi connectivity index (χ2v) is 5.74. The summed E-state index contributed by atoms with van der Waals surface area (Å²) in [5, 5.41) is 0. The molecule has 3 heteroatoms. The minimum atomic E-state index is -1.27. The van der Waals surface area contributed by atoms with Crippen molar-refractivity contribution in [3.05, 3.63) is 59.7 Å². The van der Waals surface area contributed by atoms with Crippen LogP contribution in [0.2, 0.25) is 0 Å². The van der Waals surface area contributed by atoms with Crippen molar-refractivity contribution in [3.63, 3.8) is 0 Å². The van der Waals surface area contributed by atoms with Crippen LogP contribution in [0.3, 0.4) is 0 Å². The second kappa shape index (κ2) is 4.67. The van der Waals surface area contributed by atoms with Gasteiger partial charge in [0, 0.05) is 9.79 Å². The Kier molecular flexibility index (Phi) is 2.72. The highest BCUT2D eigenvalue weighted by Crippen LogP contribution is 2.34. The summed E-state index contributed by atoms with van der Waals surface area (Å²) in [5.41, 5.74) is 1.84. The van der Waals surface area contributed by atoms with Crippen LogP contribution in [-0.4, -0.2) is 10.8 Å². The summed E-state index contributed by atoms with van der Waals surface area (Å²) in [6.07, 6.45) is -1.00. The summed E-state index contributed by atoms with van der Waals surface area (Å²) < 4.78 is 25.8. The van der Waals surface area contributed by atoms with Crippen LogP contribution in [0, 0.1) is 6.92 Å². The van der Waals surface area contributed by atoms with E-state index < -0.39 is 16.9 Å². The Balaban J connectivity index is 2.02. The first kappa shape index (κ1) is 10.5. The molecule has 1 unspecified atom stereocenters. The highest BCUT2D eigenvalue weighted by atomic mass is 32.2. The van der Waals surface area contributed by atoms with Crippen molar-refractivity contribution in [2.24, 2.45) is 0 Å². The van der Waals surface area contributed by atoms with Crippen molar-refractivity contribution in [3.8, 4) is 0 Å². The summed E-state index contributed by atoms with van der Waals surface area (Å²) in [6.45, 7) is 2.37. The monoisotopic (exact) mass is 259 g/mol. The molecule has 2 aromatic carbocycles. The summed E-state index contributed by atoms with van der Waals surface area (Å²) in [4.78, 5) is 1.42. The quantitative estimate of drug-likeness (QED) is 0.792. The van der Waals surface area contributed by atoms with E-state index in [4.69, 9.17) is 6.11 Å². The zero-order valence-electron chi connectivity index (χ0n) is 11.1. The highest BCUT2D eigenvalue weighted by Gasteiger charge is 2.28. The molecular formula is C15H14O2S. The van der Waals surface area contributed by atoms with E-state index in [1.807, 2.05) is 55.5 Å². The number of hydrogen-bond acceptors (Lipinski definition) is 2. The van der Waals surface area contributed by atoms with E-state index in [2.05, 4.69) is 0 Å². The Labute approximate surface area is 110 Å². The van der Waals surface area contributed by atoms with Crippen molar-refractivity contribution in [1.29, 1.82) is 0 Å². The van der Waals surface area contributed by atoms with Gasteiger partial charge in [0.05, 0.1) is 18.8 Å². The standard InChI is InChI=1S/C15H14O2S/c1-11-6-8-12(9-7-11)18(16)15-5-3-2-4-13(15)14-10-17-14/h2-9,14H,10H2,1H3/t14-,18?/m1/s1/i14D. The van der Waals surface area contributed by atoms with Crippen LogP contribution >= 0.6 is 0 Å². The summed E-state index contributed by atoms with van der Waals surface area (Å²) >= 11 is 0. The maximum Gasteiger partial charge on any atom is 0.107 e. The normalized spacial score (nSPS) is 24.4. The van der Waals surface area contributed by atoms with Crippen LogP contribution in [0.5, 0.6) is 0 Å². The molecule has 0 aliphatic carbocycles. The van der Waals surface area contributed by atoms with E-state index >= 15 is 0 Å². The third-order valence-corrected chi connectivity index (χ3v) is 4.37. The first-order chi connectivity index (χ1) is 9.10. The van der Waals surface area contributed by atoms with Gasteiger partial charge in [-0.2, -0.15) is 0 Å². The number of rotatable bonds is 3. The van der Waals surface area contributed by atoms with E-state index in [0.29, 0.717) is 17.1 Å². The van der Waals surface area contributed by atoms with Gasteiger partial charge in [-0.1, -0.05) is 35.9 Å². The van der Waals surface area contributed by atoms with Gasteiger partial charge in [-0.15, -0.1) is 0 Å². The van der Waals surface area contributed by atoms with Crippen LogP contribution < -0.4 is 0 Å². The first-order valence-electron chi connectivity index (χ1n) is 6.32. The summed E-state index contributed by atoms with van der Waals surface area (Å²) in [6, 6.07) is 14.9. The molecule has 1 aliphatic heterocycles. The van der Waals surface area contributed by atoms with Crippen molar-refractivity contribution >= 4 is 10.8 Å². The number of hydrogen-bond donors (Lipinski definition) is 0. The first-order valence-corrected chi connectivity index (χ1v) is 6.97. The summed E-state index contributed by atoms with van der Waals surface area (Å²) in [7, 11) is -1.27. The fourth-order valence-electron chi connectivity index (χ4n) is 1.84. The lowest BCUT2D eigenvalue weighted by Gasteiger charge is -2.07. The van der Waals surface area contributed by atoms with Gasteiger partial charge in [0.1, 0.15) is 6.08 Å². The Hall–Kier alpha value is -1.45. The third kappa shape index (κ3) is 2.24. The molecule has 3 rings (SSSR count). The molecule has 2 aromatic rings. The number of aryl methyl sites for hydroxylation is 1. The van der Waals surface area contributed by atoms with Gasteiger partial charge in [-0.05, 0) is 30.7 Å². The molecule has 0 saturated carbocycles. The minimum Gasteiger partial charge on any atom is -0.368 e. The summed E-state index contributed by atoms with van der Waals surface area (Å²) in [5.74, 6) is 0. The molecule has 0 bridgehead atoms. The Morgan fingerprint density at radius 1 is 1.22 bits per heavy atom. The SMILES string of the molecule is [2H][C@]1(c2ccccc2S(=O)c2ccc(C)cc2)CO1. The fraction of sp³-hybridized carbons (Fsp3) is 0.200. The molecule has 1 heterocycles. The van der Waals surface area contributed by atoms with Gasteiger partial charge in [-0.25, -0.2) is 4.21 Å². The molecule has 1 saturated heterocycles. The Bertz CT molecular complexity index is 633. The van der Waals surface area contributed by atoms with E-state index in [1.165, 1.54) is 0 Å². The van der Waals surface area contributed by atoms with Crippen LogP contribution in [0.4, 0.5) is 0 Å². The zero-order valence-corrected chi connectivity index (χ0v) is 10.9. The molecule has 18 heavy (non-hydrogen) atoms. The largest absolute Gasteiger partial charge is 0.368 e. The molecule has 2 nitrogen and oxygen atoms in total. The van der Waals surface area contributed by atoms with Crippen LogP contribution in [0.1, 0.15) is 18.6 Å². The molecular weight excluding hydrogens is 244 g/mol. The molecule has 1 aliphatic rings. The average molecular weight is 259 g/mol. The molecule has 92 valence electrons. The van der Waals surface area contributed by atoms with Crippen molar-refractivity contribution < 1.29 is 10.3 Å². The lowest BCUT2D eigenvalue weighted by molar-refractivity contribution is 0.413. The zero-order chi connectivity index (χ0) is 13.5.